The Morgan fingerprint density at radius 1 is 1.15 bits per heavy atom. The molecule has 10 nitrogen and oxygen atoms in total. The van der Waals surface area contributed by atoms with Crippen molar-refractivity contribution in [3.63, 3.8) is 0 Å². The summed E-state index contributed by atoms with van der Waals surface area (Å²) in [6.45, 7) is 2.39. The van der Waals surface area contributed by atoms with E-state index in [0.29, 0.717) is 29.1 Å². The molecule has 0 unspecified atom stereocenters. The van der Waals surface area contributed by atoms with E-state index in [-0.39, 0.29) is 5.56 Å². The van der Waals surface area contributed by atoms with Crippen molar-refractivity contribution in [1.82, 2.24) is 34.1 Å². The van der Waals surface area contributed by atoms with Crippen LogP contribution in [-0.4, -0.2) is 41.2 Å². The molecule has 33 heavy (non-hydrogen) atoms. The molecular weight excluding hydrogens is 420 g/mol. The Bertz CT molecular complexity index is 1550. The predicted molar refractivity (Wildman–Crippen MR) is 124 cm³/mol. The van der Waals surface area contributed by atoms with E-state index in [1.54, 1.807) is 45.7 Å². The number of fused-ring (bicyclic) bond motifs is 1. The van der Waals surface area contributed by atoms with Crippen LogP contribution in [0.1, 0.15) is 11.1 Å². The van der Waals surface area contributed by atoms with Crippen LogP contribution < -0.4 is 16.0 Å². The first-order valence-corrected chi connectivity index (χ1v) is 10.3. The summed E-state index contributed by atoms with van der Waals surface area (Å²) in [5.74, 6) is 1.55. The Balaban J connectivity index is 1.56. The van der Waals surface area contributed by atoms with Crippen LogP contribution in [0.3, 0.4) is 0 Å². The molecule has 5 rings (SSSR count). The van der Waals surface area contributed by atoms with Gasteiger partial charge < -0.3 is 10.5 Å². The fraction of sp³-hybridized carbons (Fsp3) is 0.174. The van der Waals surface area contributed by atoms with Gasteiger partial charge in [-0.05, 0) is 36.2 Å². The van der Waals surface area contributed by atoms with E-state index in [1.807, 2.05) is 38.4 Å². The molecule has 0 amide bonds. The van der Waals surface area contributed by atoms with Gasteiger partial charge in [-0.25, -0.2) is 14.6 Å². The monoisotopic (exact) mass is 442 g/mol. The minimum Gasteiger partial charge on any atom is -0.497 e. The molecule has 0 aliphatic heterocycles. The van der Waals surface area contributed by atoms with E-state index < -0.39 is 0 Å². The maximum atomic E-state index is 13.3. The summed E-state index contributed by atoms with van der Waals surface area (Å²) in [7, 11) is 3.46. The first kappa shape index (κ1) is 20.4. The standard InChI is InChI=1S/C23H22N8O2/c1-14-8-17(33-3)5-4-15(14)11-30-13-26-20-18(23(30)32)6-7-25-22(20)31-12-19(21(24)28-31)16-9-27-29(2)10-16/h4-10,12-13H,11H2,1-3H3,(H2,24,28). The van der Waals surface area contributed by atoms with Crippen LogP contribution in [0.5, 0.6) is 5.75 Å². The van der Waals surface area contributed by atoms with E-state index in [4.69, 9.17) is 10.5 Å². The van der Waals surface area contributed by atoms with E-state index in [2.05, 4.69) is 20.2 Å². The number of nitrogens with zero attached hydrogens (tertiary/aromatic N) is 7. The van der Waals surface area contributed by atoms with Gasteiger partial charge >= 0.3 is 0 Å². The lowest BCUT2D eigenvalue weighted by Gasteiger charge is -2.11. The summed E-state index contributed by atoms with van der Waals surface area (Å²) >= 11 is 0. The topological polar surface area (TPSA) is 119 Å². The van der Waals surface area contributed by atoms with E-state index >= 15 is 0 Å². The SMILES string of the molecule is COc1ccc(Cn2cnc3c(-n4cc(-c5cnn(C)c5)c(N)n4)nccc3c2=O)c(C)c1. The maximum Gasteiger partial charge on any atom is 0.261 e. The van der Waals surface area contributed by atoms with Gasteiger partial charge in [0.05, 0.1) is 31.6 Å². The molecule has 166 valence electrons. The smallest absolute Gasteiger partial charge is 0.261 e. The zero-order chi connectivity index (χ0) is 23.1. The molecule has 0 aliphatic carbocycles. The number of rotatable bonds is 5. The van der Waals surface area contributed by atoms with Crippen LogP contribution in [0.4, 0.5) is 5.82 Å². The summed E-state index contributed by atoms with van der Waals surface area (Å²) in [6.07, 6.45) is 8.44. The van der Waals surface area contributed by atoms with Crippen molar-refractivity contribution in [2.45, 2.75) is 13.5 Å². The summed E-state index contributed by atoms with van der Waals surface area (Å²) in [5, 5.41) is 9.03. The second-order valence-corrected chi connectivity index (χ2v) is 7.78. The fourth-order valence-corrected chi connectivity index (χ4v) is 3.79. The lowest BCUT2D eigenvalue weighted by atomic mass is 10.1. The Morgan fingerprint density at radius 2 is 2.00 bits per heavy atom. The molecule has 1 aromatic carbocycles. The molecule has 0 fully saturated rings. The normalized spacial score (nSPS) is 11.2. The van der Waals surface area contributed by atoms with Crippen molar-refractivity contribution >= 4 is 16.7 Å². The molecule has 0 saturated heterocycles. The van der Waals surface area contributed by atoms with Crippen LogP contribution in [0, 0.1) is 6.92 Å². The highest BCUT2D eigenvalue weighted by atomic mass is 16.5. The molecule has 10 heteroatoms. The fourth-order valence-electron chi connectivity index (χ4n) is 3.79. The van der Waals surface area contributed by atoms with Crippen LogP contribution >= 0.6 is 0 Å². The number of ether oxygens (including phenoxy) is 1. The number of aromatic nitrogens is 7. The molecule has 5 aromatic rings. The second kappa shape index (κ2) is 7.90. The van der Waals surface area contributed by atoms with Gasteiger partial charge in [0.2, 0.25) is 0 Å². The highest BCUT2D eigenvalue weighted by Crippen LogP contribution is 2.26. The van der Waals surface area contributed by atoms with Crippen LogP contribution in [0.15, 0.2) is 60.2 Å². The summed E-state index contributed by atoms with van der Waals surface area (Å²) < 4.78 is 10.1. The summed E-state index contributed by atoms with van der Waals surface area (Å²) in [4.78, 5) is 22.2. The third-order valence-corrected chi connectivity index (χ3v) is 5.59. The highest BCUT2D eigenvalue weighted by Gasteiger charge is 2.16. The molecule has 4 heterocycles. The average molecular weight is 442 g/mol. The number of hydrogen-bond acceptors (Lipinski definition) is 7. The third kappa shape index (κ3) is 3.61. The zero-order valence-corrected chi connectivity index (χ0v) is 18.4. The van der Waals surface area contributed by atoms with Crippen molar-refractivity contribution in [2.75, 3.05) is 12.8 Å². The number of nitrogen functional groups attached to an aromatic ring is 1. The molecular formula is C23H22N8O2. The van der Waals surface area contributed by atoms with Gasteiger partial charge in [0.1, 0.15) is 11.3 Å². The summed E-state index contributed by atoms with van der Waals surface area (Å²) in [6, 6.07) is 7.44. The number of nitrogens with two attached hydrogens (primary N) is 1. The van der Waals surface area contributed by atoms with Crippen LogP contribution in [0.2, 0.25) is 0 Å². The van der Waals surface area contributed by atoms with Gasteiger partial charge in [-0.1, -0.05) is 6.07 Å². The quantitative estimate of drug-likeness (QED) is 0.444. The van der Waals surface area contributed by atoms with Crippen molar-refractivity contribution in [3.8, 4) is 22.7 Å². The highest BCUT2D eigenvalue weighted by molar-refractivity contribution is 5.84. The van der Waals surface area contributed by atoms with Crippen LogP contribution in [0.25, 0.3) is 27.8 Å². The van der Waals surface area contributed by atoms with Crippen molar-refractivity contribution < 1.29 is 4.74 Å². The van der Waals surface area contributed by atoms with Crippen molar-refractivity contribution in [1.29, 1.82) is 0 Å². The van der Waals surface area contributed by atoms with Crippen LogP contribution in [-0.2, 0) is 13.6 Å². The number of anilines is 1. The largest absolute Gasteiger partial charge is 0.497 e. The average Bonchev–Trinajstić information content (AvgIpc) is 3.41. The molecule has 0 radical (unpaired) electrons. The first-order chi connectivity index (χ1) is 15.9. The minimum atomic E-state index is -0.161. The van der Waals surface area contributed by atoms with Gasteiger partial charge in [0.15, 0.2) is 11.6 Å². The van der Waals surface area contributed by atoms with Gasteiger partial charge in [0.25, 0.3) is 5.56 Å². The number of hydrogen-bond donors (Lipinski definition) is 1. The number of benzene rings is 1. The van der Waals surface area contributed by atoms with E-state index in [0.717, 1.165) is 28.0 Å². The molecule has 0 bridgehead atoms. The maximum absolute atomic E-state index is 13.3. The second-order valence-electron chi connectivity index (χ2n) is 7.78. The first-order valence-electron chi connectivity index (χ1n) is 10.3. The van der Waals surface area contributed by atoms with E-state index in [1.165, 1.54) is 6.33 Å². The summed E-state index contributed by atoms with van der Waals surface area (Å²) in [5.41, 5.74) is 10.0. The lowest BCUT2D eigenvalue weighted by Crippen LogP contribution is -2.22. The Hall–Kier alpha value is -4.47. The number of methoxy groups -OCH3 is 1. The number of pyridine rings is 1. The zero-order valence-electron chi connectivity index (χ0n) is 18.4. The van der Waals surface area contributed by atoms with Gasteiger partial charge in [0, 0.05) is 36.8 Å². The molecule has 4 aromatic heterocycles. The Labute approximate surface area is 188 Å². The van der Waals surface area contributed by atoms with Crippen molar-refractivity contribution in [2.24, 2.45) is 7.05 Å². The van der Waals surface area contributed by atoms with Crippen molar-refractivity contribution in [3.05, 3.63) is 76.9 Å². The third-order valence-electron chi connectivity index (χ3n) is 5.59. The number of aryl methyl sites for hydroxylation is 2. The van der Waals surface area contributed by atoms with Gasteiger partial charge in [-0.2, -0.15) is 5.10 Å². The Morgan fingerprint density at radius 3 is 2.73 bits per heavy atom. The lowest BCUT2D eigenvalue weighted by molar-refractivity contribution is 0.414. The molecule has 0 saturated carbocycles. The van der Waals surface area contributed by atoms with E-state index in [9.17, 15) is 4.79 Å². The molecule has 0 spiro atoms. The Kier molecular flexibility index (Phi) is 4.89. The molecule has 2 N–H and O–H groups in total. The minimum absolute atomic E-state index is 0.161. The molecule has 0 aliphatic rings. The van der Waals surface area contributed by atoms with Gasteiger partial charge in [-0.3, -0.25) is 14.0 Å². The molecule has 0 atom stereocenters. The predicted octanol–water partition coefficient (Wildman–Crippen LogP) is 2.33. The van der Waals surface area contributed by atoms with Gasteiger partial charge in [-0.15, -0.1) is 5.10 Å².